The molecule has 0 spiro atoms. The third kappa shape index (κ3) is 8.74. The van der Waals surface area contributed by atoms with Crippen molar-refractivity contribution in [1.29, 1.82) is 5.26 Å². The zero-order valence-electron chi connectivity index (χ0n) is 23.7. The summed E-state index contributed by atoms with van der Waals surface area (Å²) in [5.74, 6) is -0.486. The van der Waals surface area contributed by atoms with Gasteiger partial charge in [-0.2, -0.15) is 9.57 Å². The average Bonchev–Trinajstić information content (AvgIpc) is 3.42. The molecule has 12 heteroatoms. The highest BCUT2D eigenvalue weighted by Gasteiger charge is 2.36. The van der Waals surface area contributed by atoms with Gasteiger partial charge in [-0.1, -0.05) is 44.2 Å². The van der Waals surface area contributed by atoms with E-state index in [9.17, 15) is 23.1 Å². The van der Waals surface area contributed by atoms with Gasteiger partial charge in [-0.25, -0.2) is 13.4 Å². The number of likely N-dealkylation sites (N-methyl/N-ethyl adjacent to an activating group) is 1. The van der Waals surface area contributed by atoms with Crippen LogP contribution in [0.1, 0.15) is 37.8 Å². The van der Waals surface area contributed by atoms with Crippen LogP contribution in [0.25, 0.3) is 0 Å². The summed E-state index contributed by atoms with van der Waals surface area (Å²) in [6.45, 7) is 3.95. The summed E-state index contributed by atoms with van der Waals surface area (Å²) < 4.78 is 34.5. The SMILES string of the molecule is CNCC(=O)NN(C(=O)CCC#N)C(Cc1ccccc1)[C@H](O)CN(CC(C)C)S(=O)(=O)c1ccc2c(c1)CCO2. The normalized spacial score (nSPS) is 14.2. The maximum absolute atomic E-state index is 13.9. The highest BCUT2D eigenvalue weighted by molar-refractivity contribution is 7.89. The van der Waals surface area contributed by atoms with Crippen LogP contribution in [0.4, 0.5) is 0 Å². The number of aliphatic hydroxyl groups excluding tert-OH is 1. The number of nitriles is 1. The maximum Gasteiger partial charge on any atom is 0.252 e. The minimum Gasteiger partial charge on any atom is -0.493 e. The largest absolute Gasteiger partial charge is 0.493 e. The minimum absolute atomic E-state index is 0.0639. The van der Waals surface area contributed by atoms with Gasteiger partial charge in [0.25, 0.3) is 5.91 Å². The number of fused-ring (bicyclic) bond motifs is 1. The Morgan fingerprint density at radius 2 is 1.88 bits per heavy atom. The molecule has 2 aromatic carbocycles. The van der Waals surface area contributed by atoms with Gasteiger partial charge in [0.15, 0.2) is 0 Å². The predicted octanol–water partition coefficient (Wildman–Crippen LogP) is 1.62. The molecule has 0 saturated heterocycles. The molecule has 41 heavy (non-hydrogen) atoms. The van der Waals surface area contributed by atoms with Crippen molar-refractivity contribution in [2.45, 2.75) is 56.6 Å². The smallest absolute Gasteiger partial charge is 0.252 e. The fourth-order valence-electron chi connectivity index (χ4n) is 4.68. The van der Waals surface area contributed by atoms with E-state index in [1.54, 1.807) is 19.2 Å². The number of aliphatic hydroxyl groups is 1. The van der Waals surface area contributed by atoms with E-state index in [4.69, 9.17) is 10.00 Å². The van der Waals surface area contributed by atoms with Gasteiger partial charge in [0.1, 0.15) is 5.75 Å². The molecule has 1 aliphatic rings. The van der Waals surface area contributed by atoms with Crippen molar-refractivity contribution in [2.24, 2.45) is 5.92 Å². The molecule has 3 N–H and O–H groups in total. The molecule has 2 atom stereocenters. The summed E-state index contributed by atoms with van der Waals surface area (Å²) in [6.07, 6.45) is -0.911. The number of benzene rings is 2. The van der Waals surface area contributed by atoms with E-state index < -0.39 is 34.0 Å². The Bertz CT molecular complexity index is 1330. The van der Waals surface area contributed by atoms with E-state index in [2.05, 4.69) is 10.7 Å². The Morgan fingerprint density at radius 1 is 1.15 bits per heavy atom. The topological polar surface area (TPSA) is 152 Å². The molecule has 1 unspecified atom stereocenters. The molecule has 2 aromatic rings. The molecule has 1 heterocycles. The molecule has 0 aliphatic carbocycles. The number of ether oxygens (including phenoxy) is 1. The van der Waals surface area contributed by atoms with Crippen LogP contribution in [0.15, 0.2) is 53.4 Å². The zero-order valence-corrected chi connectivity index (χ0v) is 24.6. The molecular formula is C29H39N5O6S. The molecule has 0 radical (unpaired) electrons. The Morgan fingerprint density at radius 3 is 2.54 bits per heavy atom. The number of carbonyl (C=O) groups excluding carboxylic acids is 2. The first kappa shape index (κ1) is 32.0. The van der Waals surface area contributed by atoms with Gasteiger partial charge in [-0.3, -0.25) is 15.0 Å². The maximum atomic E-state index is 13.9. The lowest BCUT2D eigenvalue weighted by Gasteiger charge is -2.37. The van der Waals surface area contributed by atoms with E-state index in [1.807, 2.05) is 50.2 Å². The number of nitrogens with one attached hydrogen (secondary N) is 2. The van der Waals surface area contributed by atoms with Crippen molar-refractivity contribution >= 4 is 21.8 Å². The second-order valence-corrected chi connectivity index (χ2v) is 12.3. The van der Waals surface area contributed by atoms with Crippen LogP contribution in [-0.2, 0) is 32.5 Å². The van der Waals surface area contributed by atoms with Crippen molar-refractivity contribution in [3.05, 3.63) is 59.7 Å². The van der Waals surface area contributed by atoms with Crippen molar-refractivity contribution in [3.8, 4) is 11.8 Å². The summed E-state index contributed by atoms with van der Waals surface area (Å²) in [5, 5.41) is 24.5. The van der Waals surface area contributed by atoms with Gasteiger partial charge in [0.05, 0.1) is 36.3 Å². The molecule has 0 aromatic heterocycles. The summed E-state index contributed by atoms with van der Waals surface area (Å²) in [6, 6.07) is 14.7. The van der Waals surface area contributed by atoms with E-state index in [1.165, 1.54) is 10.4 Å². The number of hydrogen-bond acceptors (Lipinski definition) is 8. The van der Waals surface area contributed by atoms with E-state index >= 15 is 0 Å². The van der Waals surface area contributed by atoms with E-state index in [0.717, 1.165) is 16.1 Å². The Labute approximate surface area is 242 Å². The lowest BCUT2D eigenvalue weighted by Crippen LogP contribution is -2.60. The van der Waals surface area contributed by atoms with Crippen LogP contribution in [-0.4, -0.2) is 80.1 Å². The van der Waals surface area contributed by atoms with Gasteiger partial charge in [0, 0.05) is 32.4 Å². The molecule has 3 rings (SSSR count). The molecule has 0 bridgehead atoms. The van der Waals surface area contributed by atoms with Crippen LogP contribution in [0.5, 0.6) is 5.75 Å². The molecule has 11 nitrogen and oxygen atoms in total. The van der Waals surface area contributed by atoms with Crippen molar-refractivity contribution in [3.63, 3.8) is 0 Å². The summed E-state index contributed by atoms with van der Waals surface area (Å²) in [7, 11) is -2.46. The number of hydrogen-bond donors (Lipinski definition) is 3. The Kier molecular flexibility index (Phi) is 11.7. The monoisotopic (exact) mass is 585 g/mol. The highest BCUT2D eigenvalue weighted by atomic mass is 32.2. The average molecular weight is 586 g/mol. The van der Waals surface area contributed by atoms with Gasteiger partial charge < -0.3 is 15.2 Å². The third-order valence-corrected chi connectivity index (χ3v) is 8.45. The first-order chi connectivity index (χ1) is 19.6. The van der Waals surface area contributed by atoms with Crippen LogP contribution in [0, 0.1) is 17.2 Å². The second kappa shape index (κ2) is 14.9. The first-order valence-electron chi connectivity index (χ1n) is 13.7. The third-order valence-electron chi connectivity index (χ3n) is 6.62. The Hall–Kier alpha value is -3.50. The summed E-state index contributed by atoms with van der Waals surface area (Å²) >= 11 is 0. The van der Waals surface area contributed by atoms with Crippen molar-refractivity contribution in [2.75, 3.05) is 33.3 Å². The number of amides is 2. The van der Waals surface area contributed by atoms with Crippen LogP contribution in [0.3, 0.4) is 0 Å². The minimum atomic E-state index is -4.04. The fourth-order valence-corrected chi connectivity index (χ4v) is 6.36. The standard InChI is InChI=1S/C29H39N5O6S/c1-21(2)19-33(41(38,39)24-11-12-27-23(17-24)13-15-40-27)20-26(35)25(16-22-8-5-4-6-9-22)34(29(37)10-7-14-30)32-28(36)18-31-3/h4-6,8-9,11-12,17,21,25-26,31,35H,7,10,13,15-16,18-20H2,1-3H3,(H,32,36)/t25?,26-/m1/s1. The number of hydrazine groups is 1. The van der Waals surface area contributed by atoms with Crippen LogP contribution >= 0.6 is 0 Å². The number of carbonyl (C=O) groups is 2. The van der Waals surface area contributed by atoms with Gasteiger partial charge >= 0.3 is 0 Å². The molecule has 2 amide bonds. The number of rotatable bonds is 14. The van der Waals surface area contributed by atoms with Gasteiger partial charge in [-0.15, -0.1) is 0 Å². The molecule has 1 aliphatic heterocycles. The van der Waals surface area contributed by atoms with Gasteiger partial charge in [-0.05, 0) is 48.7 Å². The first-order valence-corrected chi connectivity index (χ1v) is 15.1. The van der Waals surface area contributed by atoms with Crippen molar-refractivity contribution in [1.82, 2.24) is 20.1 Å². The highest BCUT2D eigenvalue weighted by Crippen LogP contribution is 2.29. The van der Waals surface area contributed by atoms with Gasteiger partial charge in [0.2, 0.25) is 15.9 Å². The quantitative estimate of drug-likeness (QED) is 0.283. The molecular weight excluding hydrogens is 546 g/mol. The lowest BCUT2D eigenvalue weighted by atomic mass is 9.99. The fraction of sp³-hybridized carbons (Fsp3) is 0.483. The molecule has 0 fully saturated rings. The lowest BCUT2D eigenvalue weighted by molar-refractivity contribution is -0.147. The number of nitrogens with zero attached hydrogens (tertiary/aromatic N) is 3. The van der Waals surface area contributed by atoms with Crippen molar-refractivity contribution < 1.29 is 27.9 Å². The Balaban J connectivity index is 1.98. The van der Waals surface area contributed by atoms with E-state index in [-0.39, 0.29) is 49.7 Å². The van der Waals surface area contributed by atoms with Crippen LogP contribution < -0.4 is 15.5 Å². The molecule has 0 saturated carbocycles. The summed E-state index contributed by atoms with van der Waals surface area (Å²) in [4.78, 5) is 25.9. The predicted molar refractivity (Wildman–Crippen MR) is 153 cm³/mol. The zero-order chi connectivity index (χ0) is 30.0. The van der Waals surface area contributed by atoms with Crippen LogP contribution in [0.2, 0.25) is 0 Å². The number of sulfonamides is 1. The second-order valence-electron chi connectivity index (χ2n) is 10.4. The van der Waals surface area contributed by atoms with E-state index in [0.29, 0.717) is 18.8 Å². The molecule has 222 valence electrons. The summed E-state index contributed by atoms with van der Waals surface area (Å²) in [5.41, 5.74) is 4.15.